The lowest BCUT2D eigenvalue weighted by molar-refractivity contribution is -0.200. The summed E-state index contributed by atoms with van der Waals surface area (Å²) < 4.78 is 5.13. The van der Waals surface area contributed by atoms with Crippen molar-refractivity contribution in [2.75, 3.05) is 12.9 Å². The molecule has 2 saturated heterocycles. The lowest BCUT2D eigenvalue weighted by atomic mass is 10.1. The van der Waals surface area contributed by atoms with E-state index in [1.54, 1.807) is 19.2 Å². The van der Waals surface area contributed by atoms with Gasteiger partial charge < -0.3 is 14.5 Å². The number of ether oxygens (including phenoxy) is 1. The fourth-order valence-electron chi connectivity index (χ4n) is 2.91. The van der Waals surface area contributed by atoms with Crippen LogP contribution in [0.4, 0.5) is 0 Å². The van der Waals surface area contributed by atoms with E-state index in [1.807, 2.05) is 12.1 Å². The van der Waals surface area contributed by atoms with E-state index in [1.165, 1.54) is 23.6 Å². The first-order valence-electron chi connectivity index (χ1n) is 8.04. The van der Waals surface area contributed by atoms with Gasteiger partial charge in [-0.3, -0.25) is 14.4 Å². The fourth-order valence-corrected chi connectivity index (χ4v) is 4.37. The van der Waals surface area contributed by atoms with Crippen LogP contribution in [0.5, 0.6) is 5.75 Å². The van der Waals surface area contributed by atoms with Crippen LogP contribution in [0.25, 0.3) is 0 Å². The zero-order valence-electron chi connectivity index (χ0n) is 14.3. The van der Waals surface area contributed by atoms with E-state index < -0.39 is 23.8 Å². The van der Waals surface area contributed by atoms with Crippen LogP contribution in [0.1, 0.15) is 30.7 Å². The van der Waals surface area contributed by atoms with Crippen LogP contribution in [-0.4, -0.2) is 52.6 Å². The summed E-state index contributed by atoms with van der Waals surface area (Å²) in [6, 6.07) is 6.34. The maximum atomic E-state index is 12.5. The molecular weight excluding hydrogens is 360 g/mol. The number of carbonyl (C=O) groups excluding carboxylic acids is 4. The first kappa shape index (κ1) is 18.2. The van der Waals surface area contributed by atoms with Gasteiger partial charge in [0.05, 0.1) is 7.11 Å². The third-order valence-electron chi connectivity index (χ3n) is 4.22. The first-order valence-corrected chi connectivity index (χ1v) is 9.09. The maximum absolute atomic E-state index is 12.5. The summed E-state index contributed by atoms with van der Waals surface area (Å²) in [6.07, 6.45) is 0.0485. The molecule has 3 amide bonds. The third kappa shape index (κ3) is 3.39. The molecule has 2 aliphatic rings. The Kier molecular flexibility index (Phi) is 5.17. The van der Waals surface area contributed by atoms with Crippen LogP contribution in [-0.2, 0) is 24.0 Å². The Bertz CT molecular complexity index is 734. The van der Waals surface area contributed by atoms with Gasteiger partial charge in [0.2, 0.25) is 5.91 Å². The molecule has 9 heteroatoms. The number of rotatable bonds is 4. The van der Waals surface area contributed by atoms with Crippen LogP contribution < -0.4 is 4.74 Å². The van der Waals surface area contributed by atoms with Gasteiger partial charge in [0, 0.05) is 25.5 Å². The van der Waals surface area contributed by atoms with Crippen molar-refractivity contribution in [2.45, 2.75) is 31.2 Å². The molecule has 8 nitrogen and oxygen atoms in total. The van der Waals surface area contributed by atoms with Gasteiger partial charge >= 0.3 is 5.97 Å². The Labute approximate surface area is 154 Å². The Balaban J connectivity index is 1.77. The number of hydrogen-bond donors (Lipinski definition) is 0. The van der Waals surface area contributed by atoms with Crippen molar-refractivity contribution in [1.29, 1.82) is 0 Å². The highest BCUT2D eigenvalue weighted by Gasteiger charge is 2.44. The van der Waals surface area contributed by atoms with Crippen LogP contribution in [0.15, 0.2) is 24.3 Å². The highest BCUT2D eigenvalue weighted by Crippen LogP contribution is 2.42. The zero-order chi connectivity index (χ0) is 18.8. The van der Waals surface area contributed by atoms with Crippen molar-refractivity contribution in [3.8, 4) is 5.75 Å². The van der Waals surface area contributed by atoms with Crippen molar-refractivity contribution in [2.24, 2.45) is 0 Å². The van der Waals surface area contributed by atoms with Crippen molar-refractivity contribution in [3.63, 3.8) is 0 Å². The van der Waals surface area contributed by atoms with Crippen molar-refractivity contribution in [3.05, 3.63) is 29.8 Å². The van der Waals surface area contributed by atoms with Crippen LogP contribution in [0.2, 0.25) is 0 Å². The molecule has 26 heavy (non-hydrogen) atoms. The SMILES string of the molecule is COc1ccc(C2SCC(C(=O)ON3C(=O)CCC3=O)N2C(C)=O)cc1. The molecule has 2 heterocycles. The molecule has 0 aliphatic carbocycles. The third-order valence-corrected chi connectivity index (χ3v) is 5.55. The maximum Gasteiger partial charge on any atom is 0.356 e. The topological polar surface area (TPSA) is 93.2 Å². The Morgan fingerprint density at radius 1 is 1.12 bits per heavy atom. The summed E-state index contributed by atoms with van der Waals surface area (Å²) in [5, 5.41) is 0.146. The van der Waals surface area contributed by atoms with Crippen molar-refractivity contribution >= 4 is 35.5 Å². The molecule has 2 aliphatic heterocycles. The second-order valence-corrected chi connectivity index (χ2v) is 7.01. The molecule has 138 valence electrons. The molecule has 1 aromatic carbocycles. The molecule has 3 rings (SSSR count). The largest absolute Gasteiger partial charge is 0.497 e. The summed E-state index contributed by atoms with van der Waals surface area (Å²) >= 11 is 1.42. The molecule has 0 N–H and O–H groups in total. The Morgan fingerprint density at radius 3 is 2.27 bits per heavy atom. The minimum Gasteiger partial charge on any atom is -0.497 e. The van der Waals surface area contributed by atoms with Gasteiger partial charge in [-0.25, -0.2) is 4.79 Å². The molecule has 2 fully saturated rings. The molecule has 1 aromatic rings. The van der Waals surface area contributed by atoms with E-state index in [2.05, 4.69) is 0 Å². The highest BCUT2D eigenvalue weighted by molar-refractivity contribution is 7.99. The lowest BCUT2D eigenvalue weighted by Gasteiger charge is -2.28. The minimum absolute atomic E-state index is 0.0242. The van der Waals surface area contributed by atoms with Crippen LogP contribution in [0, 0.1) is 0 Å². The number of amides is 3. The molecule has 0 saturated carbocycles. The average Bonchev–Trinajstić information content (AvgIpc) is 3.21. The predicted octanol–water partition coefficient (Wildman–Crippen LogP) is 1.26. The summed E-state index contributed by atoms with van der Waals surface area (Å²) in [5.74, 6) is -1.17. The normalized spacial score (nSPS) is 22.7. The van der Waals surface area contributed by atoms with Gasteiger partial charge in [-0.2, -0.15) is 0 Å². The smallest absolute Gasteiger partial charge is 0.356 e. The Hall–Kier alpha value is -2.55. The Morgan fingerprint density at radius 2 is 1.73 bits per heavy atom. The first-order chi connectivity index (χ1) is 12.4. The number of thioether (sulfide) groups is 1. The average molecular weight is 378 g/mol. The lowest BCUT2D eigenvalue weighted by Crippen LogP contribution is -2.45. The van der Waals surface area contributed by atoms with E-state index in [4.69, 9.17) is 9.57 Å². The number of hydrogen-bond acceptors (Lipinski definition) is 7. The highest BCUT2D eigenvalue weighted by atomic mass is 32.2. The van der Waals surface area contributed by atoms with Gasteiger partial charge in [0.15, 0.2) is 0 Å². The molecule has 0 aromatic heterocycles. The van der Waals surface area contributed by atoms with Gasteiger partial charge in [0.25, 0.3) is 11.8 Å². The summed E-state index contributed by atoms with van der Waals surface area (Å²) in [5.41, 5.74) is 0.842. The summed E-state index contributed by atoms with van der Waals surface area (Å²) in [7, 11) is 1.56. The summed E-state index contributed by atoms with van der Waals surface area (Å²) in [4.78, 5) is 54.3. The predicted molar refractivity (Wildman–Crippen MR) is 91.7 cm³/mol. The summed E-state index contributed by atoms with van der Waals surface area (Å²) in [6.45, 7) is 1.37. The minimum atomic E-state index is -0.870. The molecule has 2 unspecified atom stereocenters. The molecular formula is C17H18N2O6S. The number of carbonyl (C=O) groups is 4. The number of imide groups is 1. The van der Waals surface area contributed by atoms with E-state index in [9.17, 15) is 19.2 Å². The quantitative estimate of drug-likeness (QED) is 0.728. The van der Waals surface area contributed by atoms with E-state index in [0.29, 0.717) is 16.6 Å². The van der Waals surface area contributed by atoms with Crippen LogP contribution >= 0.6 is 11.8 Å². The fraction of sp³-hybridized carbons (Fsp3) is 0.412. The number of methoxy groups -OCH3 is 1. The standard InChI is InChI=1S/C17H18N2O6S/c1-10(20)18-13(17(23)25-19-14(21)7-8-15(19)22)9-26-16(18)11-3-5-12(24-2)6-4-11/h3-6,13,16H,7-9H2,1-2H3. The second kappa shape index (κ2) is 7.36. The molecule has 2 atom stereocenters. The van der Waals surface area contributed by atoms with Gasteiger partial charge in [-0.15, -0.1) is 16.8 Å². The van der Waals surface area contributed by atoms with E-state index in [-0.39, 0.29) is 24.1 Å². The number of benzene rings is 1. The van der Waals surface area contributed by atoms with E-state index >= 15 is 0 Å². The van der Waals surface area contributed by atoms with Crippen molar-refractivity contribution < 1.29 is 28.8 Å². The molecule has 0 spiro atoms. The second-order valence-electron chi connectivity index (χ2n) is 5.89. The number of hydroxylamine groups is 2. The molecule has 0 bridgehead atoms. The monoisotopic (exact) mass is 378 g/mol. The molecule has 0 radical (unpaired) electrons. The van der Waals surface area contributed by atoms with Crippen molar-refractivity contribution in [1.82, 2.24) is 9.96 Å². The number of nitrogens with zero attached hydrogens (tertiary/aromatic N) is 2. The van der Waals surface area contributed by atoms with Gasteiger partial charge in [0.1, 0.15) is 17.2 Å². The van der Waals surface area contributed by atoms with Crippen LogP contribution in [0.3, 0.4) is 0 Å². The van der Waals surface area contributed by atoms with Gasteiger partial charge in [-0.05, 0) is 17.7 Å². The zero-order valence-corrected chi connectivity index (χ0v) is 15.2. The van der Waals surface area contributed by atoms with Gasteiger partial charge in [-0.1, -0.05) is 12.1 Å². The van der Waals surface area contributed by atoms with E-state index in [0.717, 1.165) is 5.56 Å².